The molecule has 0 unspecified atom stereocenters. The van der Waals surface area contributed by atoms with Gasteiger partial charge in [0.05, 0.1) is 12.7 Å². The Hall–Kier alpha value is -3.33. The van der Waals surface area contributed by atoms with E-state index >= 15 is 0 Å². The molecule has 0 spiro atoms. The number of esters is 1. The van der Waals surface area contributed by atoms with Crippen LogP contribution in [0.3, 0.4) is 0 Å². The minimum Gasteiger partial charge on any atom is -0.453 e. The van der Waals surface area contributed by atoms with E-state index in [0.717, 1.165) is 12.6 Å². The first-order chi connectivity index (χ1) is 14.0. The van der Waals surface area contributed by atoms with Crippen molar-refractivity contribution in [2.75, 3.05) is 7.11 Å². The van der Waals surface area contributed by atoms with Gasteiger partial charge in [-0.1, -0.05) is 42.1 Å². The number of hydrogen-bond donors (Lipinski definition) is 1. The number of alkyl carbamates (subject to hydrolysis) is 1. The van der Waals surface area contributed by atoms with Crippen molar-refractivity contribution in [2.24, 2.45) is 0 Å². The first kappa shape index (κ1) is 20.4. The summed E-state index contributed by atoms with van der Waals surface area (Å²) in [7, 11) is 1.13. The van der Waals surface area contributed by atoms with Crippen LogP contribution >= 0.6 is 11.8 Å². The molecule has 0 radical (unpaired) electrons. The van der Waals surface area contributed by atoms with Crippen LogP contribution in [0.1, 0.15) is 22.8 Å². The summed E-state index contributed by atoms with van der Waals surface area (Å²) in [5.41, 5.74) is 2.46. The van der Waals surface area contributed by atoms with Crippen molar-refractivity contribution in [3.63, 3.8) is 0 Å². The van der Waals surface area contributed by atoms with Gasteiger partial charge < -0.3 is 13.9 Å². The summed E-state index contributed by atoms with van der Waals surface area (Å²) >= 11 is 1.34. The number of aromatic nitrogens is 1. The van der Waals surface area contributed by atoms with Gasteiger partial charge >= 0.3 is 12.1 Å². The van der Waals surface area contributed by atoms with Crippen molar-refractivity contribution in [3.8, 4) is 0 Å². The number of nitrogens with one attached hydrogen (secondary N) is 1. The van der Waals surface area contributed by atoms with E-state index in [1.807, 2.05) is 29.6 Å². The lowest BCUT2D eigenvalue weighted by molar-refractivity contribution is -0.128. The fourth-order valence-corrected chi connectivity index (χ4v) is 3.27. The second kappa shape index (κ2) is 9.24. The Morgan fingerprint density at radius 2 is 1.86 bits per heavy atom. The van der Waals surface area contributed by atoms with Gasteiger partial charge in [0.1, 0.15) is 5.52 Å². The molecule has 0 aliphatic heterocycles. The molecule has 8 nitrogen and oxygen atoms in total. The van der Waals surface area contributed by atoms with Crippen LogP contribution in [0.2, 0.25) is 0 Å². The summed E-state index contributed by atoms with van der Waals surface area (Å²) in [6, 6.07) is 14.3. The zero-order valence-corrected chi connectivity index (χ0v) is 16.5. The van der Waals surface area contributed by atoms with Gasteiger partial charge in [0, 0.05) is 5.75 Å². The lowest BCUT2D eigenvalue weighted by atomic mass is 10.1. The topological polar surface area (TPSA) is 108 Å². The Morgan fingerprint density at radius 3 is 2.62 bits per heavy atom. The van der Waals surface area contributed by atoms with E-state index in [4.69, 9.17) is 9.15 Å². The smallest absolute Gasteiger partial charge is 0.413 e. The molecule has 1 aromatic heterocycles. The number of imide groups is 1. The van der Waals surface area contributed by atoms with Gasteiger partial charge in [-0.2, -0.15) is 0 Å². The minimum absolute atomic E-state index is 0.314. The van der Waals surface area contributed by atoms with Crippen LogP contribution in [0, 0.1) is 0 Å². The number of hydrogen-bond acceptors (Lipinski definition) is 8. The van der Waals surface area contributed by atoms with Crippen molar-refractivity contribution >= 4 is 40.8 Å². The molecule has 29 heavy (non-hydrogen) atoms. The van der Waals surface area contributed by atoms with E-state index in [2.05, 4.69) is 9.72 Å². The van der Waals surface area contributed by atoms with Crippen LogP contribution < -0.4 is 5.32 Å². The Balaban J connectivity index is 1.66. The maximum absolute atomic E-state index is 12.5. The molecular formula is C20H18N2O6S. The van der Waals surface area contributed by atoms with Crippen molar-refractivity contribution in [3.05, 3.63) is 59.7 Å². The average molecular weight is 414 g/mol. The van der Waals surface area contributed by atoms with Crippen LogP contribution in [-0.2, 0) is 20.0 Å². The van der Waals surface area contributed by atoms with E-state index in [9.17, 15) is 14.4 Å². The maximum Gasteiger partial charge on any atom is 0.413 e. The van der Waals surface area contributed by atoms with E-state index in [1.165, 1.54) is 18.7 Å². The lowest BCUT2D eigenvalue weighted by Crippen LogP contribution is -2.39. The fraction of sp³-hybridized carbons (Fsp3) is 0.200. The van der Waals surface area contributed by atoms with Crippen LogP contribution in [0.4, 0.5) is 4.79 Å². The highest BCUT2D eigenvalue weighted by atomic mass is 32.2. The Bertz CT molecular complexity index is 1020. The molecule has 3 rings (SSSR count). The number of amides is 2. The molecular weight excluding hydrogens is 396 g/mol. The fourth-order valence-electron chi connectivity index (χ4n) is 2.43. The van der Waals surface area contributed by atoms with Gasteiger partial charge in [0.25, 0.3) is 11.1 Å². The molecule has 2 aromatic carbocycles. The zero-order valence-electron chi connectivity index (χ0n) is 15.7. The van der Waals surface area contributed by atoms with Crippen LogP contribution in [0.25, 0.3) is 11.1 Å². The van der Waals surface area contributed by atoms with E-state index in [0.29, 0.717) is 27.7 Å². The first-order valence-corrected chi connectivity index (χ1v) is 9.62. The number of thioether (sulfide) groups is 1. The molecule has 1 atom stereocenters. The number of benzene rings is 2. The highest BCUT2D eigenvalue weighted by Crippen LogP contribution is 2.27. The van der Waals surface area contributed by atoms with Gasteiger partial charge in [0.15, 0.2) is 11.7 Å². The van der Waals surface area contributed by atoms with Gasteiger partial charge in [0.2, 0.25) is 0 Å². The second-order valence-corrected chi connectivity index (χ2v) is 6.85. The van der Waals surface area contributed by atoms with Gasteiger partial charge in [-0.15, -0.1) is 0 Å². The third kappa shape index (κ3) is 5.14. The molecule has 1 heterocycles. The molecule has 0 saturated heterocycles. The number of methoxy groups -OCH3 is 1. The molecule has 0 aliphatic rings. The van der Waals surface area contributed by atoms with E-state index in [-0.39, 0.29) is 0 Å². The molecule has 0 bridgehead atoms. The number of carbonyl (C=O) groups excluding carboxylic acids is 3. The van der Waals surface area contributed by atoms with E-state index in [1.54, 1.807) is 24.3 Å². The predicted octanol–water partition coefficient (Wildman–Crippen LogP) is 3.55. The molecule has 0 fully saturated rings. The van der Waals surface area contributed by atoms with Crippen molar-refractivity contribution in [1.82, 2.24) is 10.3 Å². The Kier molecular flexibility index (Phi) is 6.50. The van der Waals surface area contributed by atoms with Crippen LogP contribution in [0.5, 0.6) is 0 Å². The number of fused-ring (bicyclic) bond motifs is 1. The van der Waals surface area contributed by atoms with Crippen molar-refractivity contribution < 1.29 is 28.3 Å². The second-order valence-electron chi connectivity index (χ2n) is 5.92. The van der Waals surface area contributed by atoms with Gasteiger partial charge in [-0.3, -0.25) is 10.1 Å². The number of carbonyl (C=O) groups is 3. The number of nitrogens with zero attached hydrogens (tertiary/aromatic N) is 1. The minimum atomic E-state index is -1.17. The van der Waals surface area contributed by atoms with Crippen LogP contribution in [0.15, 0.2) is 58.2 Å². The summed E-state index contributed by atoms with van der Waals surface area (Å²) in [5.74, 6) is -1.03. The van der Waals surface area contributed by atoms with Gasteiger partial charge in [-0.25, -0.2) is 14.6 Å². The van der Waals surface area contributed by atoms with Crippen LogP contribution in [-0.4, -0.2) is 36.2 Å². The predicted molar refractivity (Wildman–Crippen MR) is 105 cm³/mol. The van der Waals surface area contributed by atoms with Crippen molar-refractivity contribution in [1.29, 1.82) is 0 Å². The van der Waals surface area contributed by atoms with Gasteiger partial charge in [-0.05, 0) is 30.7 Å². The summed E-state index contributed by atoms with van der Waals surface area (Å²) in [6.45, 7) is 1.37. The number of oxazole rings is 1. The SMILES string of the molecule is COC(=O)NC(=O)[C@H](C)OC(=O)c1ccccc1CSc1nc2ccccc2o1. The third-order valence-electron chi connectivity index (χ3n) is 3.93. The Labute approximate surface area is 170 Å². The highest BCUT2D eigenvalue weighted by molar-refractivity contribution is 7.98. The summed E-state index contributed by atoms with van der Waals surface area (Å²) in [6.07, 6.45) is -2.09. The zero-order chi connectivity index (χ0) is 20.8. The van der Waals surface area contributed by atoms with E-state index < -0.39 is 24.1 Å². The summed E-state index contributed by atoms with van der Waals surface area (Å²) in [5, 5.41) is 2.44. The normalized spacial score (nSPS) is 11.7. The third-order valence-corrected chi connectivity index (χ3v) is 4.80. The molecule has 2 amide bonds. The monoisotopic (exact) mass is 414 g/mol. The summed E-state index contributed by atoms with van der Waals surface area (Å²) < 4.78 is 15.2. The highest BCUT2D eigenvalue weighted by Gasteiger charge is 2.22. The number of ether oxygens (including phenoxy) is 2. The summed E-state index contributed by atoms with van der Waals surface area (Å²) in [4.78, 5) is 39.9. The molecule has 150 valence electrons. The molecule has 0 saturated carbocycles. The number of rotatable bonds is 6. The molecule has 0 aliphatic carbocycles. The largest absolute Gasteiger partial charge is 0.453 e. The molecule has 9 heteroatoms. The number of para-hydroxylation sites is 2. The lowest BCUT2D eigenvalue weighted by Gasteiger charge is -2.14. The molecule has 1 N–H and O–H groups in total. The molecule has 3 aromatic rings. The quantitative estimate of drug-likeness (QED) is 0.482. The average Bonchev–Trinajstić information content (AvgIpc) is 3.15. The standard InChI is InChI=1S/C20H18N2O6S/c1-12(17(23)22-19(25)26-2)27-18(24)14-8-4-3-7-13(14)11-29-20-21-15-9-5-6-10-16(15)28-20/h3-10,12H,11H2,1-2H3,(H,22,23,25)/t12-/m0/s1. The maximum atomic E-state index is 12.5. The first-order valence-electron chi connectivity index (χ1n) is 8.64. The Morgan fingerprint density at radius 1 is 1.14 bits per heavy atom. The van der Waals surface area contributed by atoms with Crippen molar-refractivity contribution in [2.45, 2.75) is 24.0 Å².